The minimum absolute atomic E-state index is 0.0988. The number of hydrogen-bond acceptors (Lipinski definition) is 8. The van der Waals surface area contributed by atoms with E-state index in [1.54, 1.807) is 30.0 Å². The van der Waals surface area contributed by atoms with E-state index in [4.69, 9.17) is 9.47 Å². The lowest BCUT2D eigenvalue weighted by Gasteiger charge is -2.26. The topological polar surface area (TPSA) is 131 Å². The van der Waals surface area contributed by atoms with Crippen molar-refractivity contribution in [3.63, 3.8) is 0 Å². The fourth-order valence-electron chi connectivity index (χ4n) is 4.01. The van der Waals surface area contributed by atoms with Gasteiger partial charge in [0, 0.05) is 22.7 Å². The van der Waals surface area contributed by atoms with Gasteiger partial charge in [-0.2, -0.15) is 0 Å². The van der Waals surface area contributed by atoms with Crippen molar-refractivity contribution in [2.75, 3.05) is 30.3 Å². The second kappa shape index (κ2) is 11.2. The molecular formula is C26H27N3O7S2. The first kappa shape index (κ1) is 27.1. The van der Waals surface area contributed by atoms with Crippen molar-refractivity contribution in [2.24, 2.45) is 0 Å². The Hall–Kier alpha value is -3.90. The summed E-state index contributed by atoms with van der Waals surface area (Å²) >= 11 is 1.19. The number of aryl methyl sites for hydroxylation is 1. The number of ether oxygens (including phenoxy) is 2. The molecule has 3 aromatic rings. The molecule has 1 aromatic heterocycles. The Kier molecular flexibility index (Phi) is 8.02. The van der Waals surface area contributed by atoms with Crippen LogP contribution in [0.5, 0.6) is 0 Å². The van der Waals surface area contributed by atoms with E-state index < -0.39 is 28.0 Å². The Labute approximate surface area is 224 Å². The summed E-state index contributed by atoms with van der Waals surface area (Å²) in [4.78, 5) is 40.4. The Morgan fingerprint density at radius 1 is 1.11 bits per heavy atom. The molecule has 2 aromatic carbocycles. The molecular weight excluding hydrogens is 530 g/mol. The molecule has 4 rings (SSSR count). The van der Waals surface area contributed by atoms with Gasteiger partial charge in [-0.1, -0.05) is 23.8 Å². The van der Waals surface area contributed by atoms with Crippen LogP contribution in [0.4, 0.5) is 15.5 Å². The van der Waals surface area contributed by atoms with Gasteiger partial charge in [-0.05, 0) is 56.2 Å². The van der Waals surface area contributed by atoms with Crippen LogP contribution in [0.1, 0.15) is 43.6 Å². The molecule has 10 nitrogen and oxygen atoms in total. The Balaban J connectivity index is 1.56. The highest BCUT2D eigenvalue weighted by molar-refractivity contribution is 7.92. The van der Waals surface area contributed by atoms with Gasteiger partial charge < -0.3 is 19.7 Å². The van der Waals surface area contributed by atoms with Crippen LogP contribution >= 0.6 is 11.3 Å². The molecule has 0 aliphatic carbocycles. The first-order valence-electron chi connectivity index (χ1n) is 11.8. The van der Waals surface area contributed by atoms with Gasteiger partial charge in [-0.15, -0.1) is 11.3 Å². The molecule has 0 bridgehead atoms. The zero-order valence-corrected chi connectivity index (χ0v) is 22.7. The lowest BCUT2D eigenvalue weighted by atomic mass is 10.0. The molecule has 1 aliphatic rings. The van der Waals surface area contributed by atoms with Crippen LogP contribution in [0.2, 0.25) is 0 Å². The highest BCUT2D eigenvalue weighted by Crippen LogP contribution is 2.38. The third kappa shape index (κ3) is 5.81. The zero-order valence-electron chi connectivity index (χ0n) is 21.1. The van der Waals surface area contributed by atoms with Gasteiger partial charge >= 0.3 is 12.1 Å². The molecule has 38 heavy (non-hydrogen) atoms. The van der Waals surface area contributed by atoms with Crippen molar-refractivity contribution in [3.05, 3.63) is 75.7 Å². The number of esters is 1. The van der Waals surface area contributed by atoms with Crippen LogP contribution < -0.4 is 10.0 Å². The number of fused-ring (bicyclic) bond motifs is 1. The maximum Gasteiger partial charge on any atom is 0.410 e. The van der Waals surface area contributed by atoms with E-state index in [0.29, 0.717) is 18.0 Å². The molecule has 0 spiro atoms. The van der Waals surface area contributed by atoms with E-state index in [1.165, 1.54) is 48.8 Å². The molecule has 0 atom stereocenters. The van der Waals surface area contributed by atoms with Gasteiger partial charge in [-0.25, -0.2) is 18.0 Å². The van der Waals surface area contributed by atoms with E-state index >= 15 is 0 Å². The number of carbonyl (C=O) groups excluding carboxylic acids is 3. The van der Waals surface area contributed by atoms with Crippen LogP contribution in [0.25, 0.3) is 0 Å². The summed E-state index contributed by atoms with van der Waals surface area (Å²) in [7, 11) is -2.60. The third-order valence-electron chi connectivity index (χ3n) is 5.91. The number of hydrogen-bond donors (Lipinski definition) is 2. The molecule has 0 fully saturated rings. The van der Waals surface area contributed by atoms with Crippen molar-refractivity contribution < 1.29 is 32.3 Å². The normalized spacial score (nSPS) is 12.9. The van der Waals surface area contributed by atoms with Crippen LogP contribution in [-0.2, 0) is 32.5 Å². The minimum atomic E-state index is -3.85. The molecule has 2 amide bonds. The molecule has 0 radical (unpaired) electrons. The summed E-state index contributed by atoms with van der Waals surface area (Å²) < 4.78 is 38.1. The molecule has 2 N–H and O–H groups in total. The number of anilines is 2. The highest BCUT2D eigenvalue weighted by atomic mass is 32.2. The summed E-state index contributed by atoms with van der Waals surface area (Å²) in [5, 5.41) is 3.06. The number of sulfonamides is 1. The van der Waals surface area contributed by atoms with E-state index in [2.05, 4.69) is 10.0 Å². The molecule has 0 saturated heterocycles. The van der Waals surface area contributed by atoms with Crippen LogP contribution in [0.3, 0.4) is 0 Å². The number of methoxy groups -OCH3 is 1. The summed E-state index contributed by atoms with van der Waals surface area (Å²) in [6.07, 6.45) is -0.0389. The smallest absolute Gasteiger partial charge is 0.410 e. The quantitative estimate of drug-likeness (QED) is 0.412. The van der Waals surface area contributed by atoms with Crippen molar-refractivity contribution in [1.29, 1.82) is 0 Å². The lowest BCUT2D eigenvalue weighted by molar-refractivity contribution is 0.0600. The van der Waals surface area contributed by atoms with Crippen molar-refractivity contribution in [1.82, 2.24) is 4.90 Å². The summed E-state index contributed by atoms with van der Waals surface area (Å²) in [6.45, 7) is 4.45. The largest absolute Gasteiger partial charge is 0.465 e. The van der Waals surface area contributed by atoms with Crippen molar-refractivity contribution in [3.8, 4) is 0 Å². The average Bonchev–Trinajstić information content (AvgIpc) is 3.25. The van der Waals surface area contributed by atoms with E-state index in [0.717, 1.165) is 16.0 Å². The second-order valence-electron chi connectivity index (χ2n) is 8.52. The third-order valence-corrected chi connectivity index (χ3v) is 8.44. The van der Waals surface area contributed by atoms with Gasteiger partial charge in [0.15, 0.2) is 0 Å². The predicted molar refractivity (Wildman–Crippen MR) is 143 cm³/mol. The van der Waals surface area contributed by atoms with Gasteiger partial charge in [0.2, 0.25) is 0 Å². The van der Waals surface area contributed by atoms with Crippen LogP contribution in [0.15, 0.2) is 53.4 Å². The minimum Gasteiger partial charge on any atom is -0.465 e. The highest BCUT2D eigenvalue weighted by Gasteiger charge is 2.31. The maximum atomic E-state index is 13.2. The first-order chi connectivity index (χ1) is 18.1. The molecule has 12 heteroatoms. The van der Waals surface area contributed by atoms with Crippen molar-refractivity contribution >= 4 is 50.0 Å². The number of amides is 2. The first-order valence-corrected chi connectivity index (χ1v) is 14.1. The van der Waals surface area contributed by atoms with Gasteiger partial charge in [0.1, 0.15) is 5.00 Å². The van der Waals surface area contributed by atoms with Crippen LogP contribution in [-0.4, -0.2) is 51.5 Å². The zero-order chi connectivity index (χ0) is 27.4. The summed E-state index contributed by atoms with van der Waals surface area (Å²) in [6, 6.07) is 12.4. The molecule has 2 heterocycles. The van der Waals surface area contributed by atoms with Gasteiger partial charge in [-0.3, -0.25) is 9.52 Å². The monoisotopic (exact) mass is 557 g/mol. The number of benzene rings is 2. The number of thiophene rings is 1. The van der Waals surface area contributed by atoms with E-state index in [-0.39, 0.29) is 34.9 Å². The second-order valence-corrected chi connectivity index (χ2v) is 11.3. The Morgan fingerprint density at radius 3 is 2.53 bits per heavy atom. The molecule has 0 unspecified atom stereocenters. The number of carbonyl (C=O) groups is 3. The number of rotatable bonds is 7. The van der Waals surface area contributed by atoms with Crippen LogP contribution in [0, 0.1) is 6.92 Å². The standard InChI is InChI=1S/C26H27N3O7S2/c1-4-36-26(32)29-13-12-20-21(15-29)37-24(22(20)25(31)35-3)27-23(30)17-6-5-7-18(14-17)28-38(33,34)19-10-8-16(2)9-11-19/h5-11,14,28H,4,12-13,15H2,1-3H3,(H,27,30). The molecule has 1 aliphatic heterocycles. The SMILES string of the molecule is CCOC(=O)N1CCc2c(sc(NC(=O)c3cccc(NS(=O)(=O)c4ccc(C)cc4)c3)c2C(=O)OC)C1. The lowest BCUT2D eigenvalue weighted by Crippen LogP contribution is -2.36. The fourth-order valence-corrected chi connectivity index (χ4v) is 6.31. The average molecular weight is 558 g/mol. The Bertz CT molecular complexity index is 1480. The van der Waals surface area contributed by atoms with Crippen molar-refractivity contribution in [2.45, 2.75) is 31.7 Å². The van der Waals surface area contributed by atoms with E-state index in [1.807, 2.05) is 6.92 Å². The van der Waals surface area contributed by atoms with Gasteiger partial charge in [0.05, 0.1) is 30.7 Å². The number of nitrogens with one attached hydrogen (secondary N) is 2. The summed E-state index contributed by atoms with van der Waals surface area (Å²) in [5.74, 6) is -1.13. The maximum absolute atomic E-state index is 13.2. The number of nitrogens with zero attached hydrogens (tertiary/aromatic N) is 1. The Morgan fingerprint density at radius 2 is 1.84 bits per heavy atom. The molecule has 0 saturated carbocycles. The fraction of sp³-hybridized carbons (Fsp3) is 0.269. The summed E-state index contributed by atoms with van der Waals surface area (Å²) in [5.41, 5.74) is 2.29. The van der Waals surface area contributed by atoms with E-state index in [9.17, 15) is 22.8 Å². The predicted octanol–water partition coefficient (Wildman–Crippen LogP) is 4.41. The molecule has 200 valence electrons. The van der Waals surface area contributed by atoms with Gasteiger partial charge in [0.25, 0.3) is 15.9 Å².